The minimum Gasteiger partial charge on any atom is -0.461 e. The summed E-state index contributed by atoms with van der Waals surface area (Å²) < 4.78 is 5.94. The maximum absolute atomic E-state index is 13.0. The first-order valence-electron chi connectivity index (χ1n) is 10.2. The number of allylic oxidation sites excluding steroid dienone is 1. The molecule has 0 heterocycles. The van der Waals surface area contributed by atoms with Crippen LogP contribution in [0.15, 0.2) is 12.7 Å². The van der Waals surface area contributed by atoms with Gasteiger partial charge in [0.1, 0.15) is 11.9 Å². The number of Topliss-reactive ketones (excluding diaryl/α,β-unsaturated/α-hetero) is 1. The highest BCUT2D eigenvalue weighted by Gasteiger charge is 2.58. The number of ether oxygens (including phenoxy) is 1. The molecule has 0 aromatic rings. The lowest BCUT2D eigenvalue weighted by atomic mass is 9.54. The molecular formula is C22H37NO3. The molecule has 2 aliphatic rings. The minimum atomic E-state index is -0.383. The molecule has 2 saturated carbocycles. The number of hydrogen-bond donors (Lipinski definition) is 1. The van der Waals surface area contributed by atoms with Crippen molar-refractivity contribution in [3.63, 3.8) is 0 Å². The van der Waals surface area contributed by atoms with E-state index in [0.29, 0.717) is 30.5 Å². The van der Waals surface area contributed by atoms with Crippen LogP contribution >= 0.6 is 0 Å². The zero-order chi connectivity index (χ0) is 19.7. The van der Waals surface area contributed by atoms with Gasteiger partial charge in [0.2, 0.25) is 0 Å². The molecule has 1 unspecified atom stereocenters. The number of hydrogen-bond acceptors (Lipinski definition) is 4. The molecule has 2 N–H and O–H groups in total. The molecule has 0 amide bonds. The highest BCUT2D eigenvalue weighted by Crippen LogP contribution is 2.57. The predicted molar refractivity (Wildman–Crippen MR) is 104 cm³/mol. The van der Waals surface area contributed by atoms with E-state index < -0.39 is 0 Å². The van der Waals surface area contributed by atoms with Gasteiger partial charge in [-0.05, 0) is 42.4 Å². The lowest BCUT2D eigenvalue weighted by Gasteiger charge is -2.52. The zero-order valence-corrected chi connectivity index (χ0v) is 17.2. The Hall–Kier alpha value is -1.16. The molecule has 0 aromatic heterocycles. The molecule has 4 nitrogen and oxygen atoms in total. The maximum Gasteiger partial charge on any atom is 0.319 e. The Morgan fingerprint density at radius 3 is 2.62 bits per heavy atom. The fraction of sp³-hybridized carbons (Fsp3) is 0.818. The normalized spacial score (nSPS) is 41.7. The van der Waals surface area contributed by atoms with Crippen LogP contribution in [-0.2, 0) is 14.3 Å². The molecule has 26 heavy (non-hydrogen) atoms. The first-order valence-corrected chi connectivity index (χ1v) is 10.2. The summed E-state index contributed by atoms with van der Waals surface area (Å²) in [5, 5.41) is 0. The Bertz CT molecular complexity index is 560. The van der Waals surface area contributed by atoms with Crippen molar-refractivity contribution in [1.29, 1.82) is 0 Å². The number of rotatable bonds is 5. The smallest absolute Gasteiger partial charge is 0.319 e. The Labute approximate surface area is 158 Å². The lowest BCUT2D eigenvalue weighted by Crippen LogP contribution is -2.54. The van der Waals surface area contributed by atoms with Crippen LogP contribution in [0.2, 0.25) is 0 Å². The van der Waals surface area contributed by atoms with E-state index in [-0.39, 0.29) is 41.3 Å². The van der Waals surface area contributed by atoms with Crippen LogP contribution in [0.3, 0.4) is 0 Å². The fourth-order valence-corrected chi connectivity index (χ4v) is 5.71. The monoisotopic (exact) mass is 363 g/mol. The quantitative estimate of drug-likeness (QED) is 0.589. The van der Waals surface area contributed by atoms with Gasteiger partial charge in [0.15, 0.2) is 0 Å². The summed E-state index contributed by atoms with van der Waals surface area (Å²) in [6.45, 7) is 15.0. The molecule has 0 aromatic carbocycles. The third kappa shape index (κ3) is 3.62. The SMILES string of the molecule is C=C[C@@]1(C)C[C@H](C)C2CCC(=O)[C@H]2[C@@](C)([C@H](C)CC)[C@H](OC(=O)CN)C1. The van der Waals surface area contributed by atoms with Crippen molar-refractivity contribution in [1.82, 2.24) is 0 Å². The second-order valence-corrected chi connectivity index (χ2v) is 9.25. The van der Waals surface area contributed by atoms with E-state index in [9.17, 15) is 9.59 Å². The minimum absolute atomic E-state index is 0.0441. The van der Waals surface area contributed by atoms with E-state index in [4.69, 9.17) is 10.5 Å². The molecule has 0 bridgehead atoms. The molecule has 0 aliphatic heterocycles. The van der Waals surface area contributed by atoms with Gasteiger partial charge in [-0.3, -0.25) is 9.59 Å². The van der Waals surface area contributed by atoms with Crippen molar-refractivity contribution in [3.05, 3.63) is 12.7 Å². The molecule has 7 atom stereocenters. The largest absolute Gasteiger partial charge is 0.461 e. The summed E-state index contributed by atoms with van der Waals surface area (Å²) in [5.74, 6) is 0.987. The summed E-state index contributed by atoms with van der Waals surface area (Å²) in [7, 11) is 0. The number of ketones is 1. The van der Waals surface area contributed by atoms with Gasteiger partial charge in [-0.15, -0.1) is 6.58 Å². The van der Waals surface area contributed by atoms with Crippen molar-refractivity contribution in [2.45, 2.75) is 72.8 Å². The van der Waals surface area contributed by atoms with Crippen molar-refractivity contribution in [2.75, 3.05) is 6.54 Å². The number of fused-ring (bicyclic) bond motifs is 1. The average molecular weight is 364 g/mol. The molecule has 4 heteroatoms. The molecule has 2 rings (SSSR count). The molecular weight excluding hydrogens is 326 g/mol. The van der Waals surface area contributed by atoms with Crippen molar-refractivity contribution in [3.8, 4) is 0 Å². The van der Waals surface area contributed by atoms with Gasteiger partial charge in [-0.1, -0.05) is 47.1 Å². The van der Waals surface area contributed by atoms with E-state index in [1.165, 1.54) is 0 Å². The number of nitrogens with two attached hydrogens (primary N) is 1. The van der Waals surface area contributed by atoms with Crippen LogP contribution in [0.4, 0.5) is 0 Å². The first-order chi connectivity index (χ1) is 12.1. The number of carbonyl (C=O) groups excluding carboxylic acids is 2. The highest BCUT2D eigenvalue weighted by atomic mass is 16.5. The molecule has 0 saturated heterocycles. The third-order valence-corrected chi connectivity index (χ3v) is 7.64. The number of carbonyl (C=O) groups is 2. The summed E-state index contributed by atoms with van der Waals surface area (Å²) >= 11 is 0. The van der Waals surface area contributed by atoms with Gasteiger partial charge >= 0.3 is 5.97 Å². The Morgan fingerprint density at radius 1 is 1.42 bits per heavy atom. The van der Waals surface area contributed by atoms with Crippen LogP contribution in [0, 0.1) is 34.5 Å². The van der Waals surface area contributed by atoms with E-state index in [0.717, 1.165) is 19.3 Å². The second-order valence-electron chi connectivity index (χ2n) is 9.25. The first kappa shape index (κ1) is 21.1. The van der Waals surface area contributed by atoms with Crippen molar-refractivity contribution in [2.24, 2.45) is 40.2 Å². The Morgan fingerprint density at radius 2 is 2.08 bits per heavy atom. The maximum atomic E-state index is 13.0. The zero-order valence-electron chi connectivity index (χ0n) is 17.2. The summed E-state index contributed by atoms with van der Waals surface area (Å²) in [6, 6.07) is 0. The van der Waals surface area contributed by atoms with Gasteiger partial charge < -0.3 is 10.5 Å². The summed E-state index contributed by atoms with van der Waals surface area (Å²) in [4.78, 5) is 25.2. The Balaban J connectivity index is 2.60. The summed E-state index contributed by atoms with van der Waals surface area (Å²) in [5.41, 5.74) is 5.05. The fourth-order valence-electron chi connectivity index (χ4n) is 5.71. The predicted octanol–water partition coefficient (Wildman–Crippen LogP) is 4.13. The van der Waals surface area contributed by atoms with Crippen LogP contribution in [0.5, 0.6) is 0 Å². The lowest BCUT2D eigenvalue weighted by molar-refractivity contribution is -0.172. The van der Waals surface area contributed by atoms with Crippen molar-refractivity contribution < 1.29 is 14.3 Å². The molecule has 2 fully saturated rings. The molecule has 148 valence electrons. The van der Waals surface area contributed by atoms with Gasteiger partial charge in [-0.25, -0.2) is 0 Å². The van der Waals surface area contributed by atoms with E-state index in [1.807, 2.05) is 6.08 Å². The van der Waals surface area contributed by atoms with E-state index in [1.54, 1.807) is 0 Å². The van der Waals surface area contributed by atoms with Gasteiger partial charge in [0.25, 0.3) is 0 Å². The van der Waals surface area contributed by atoms with E-state index >= 15 is 0 Å². The van der Waals surface area contributed by atoms with Crippen molar-refractivity contribution >= 4 is 11.8 Å². The molecule has 2 aliphatic carbocycles. The standard InChI is InChI=1S/C22H37NO3/c1-7-15(4)22(6)18(26-19(25)13-23)12-21(5,8-2)11-14(3)16-9-10-17(24)20(16)22/h8,14-16,18,20H,2,7,9-13,23H2,1,3-6H3/t14-,15+,16?,18+,20-,21-,22-/m0/s1. The number of esters is 1. The second kappa shape index (κ2) is 7.84. The van der Waals surface area contributed by atoms with Crippen LogP contribution in [0.1, 0.15) is 66.7 Å². The summed E-state index contributed by atoms with van der Waals surface area (Å²) in [6.07, 6.45) is 5.90. The highest BCUT2D eigenvalue weighted by molar-refractivity contribution is 5.84. The molecule has 0 spiro atoms. The van der Waals surface area contributed by atoms with Gasteiger partial charge in [0.05, 0.1) is 6.54 Å². The van der Waals surface area contributed by atoms with Crippen LogP contribution in [-0.4, -0.2) is 24.4 Å². The van der Waals surface area contributed by atoms with Crippen LogP contribution < -0.4 is 5.73 Å². The average Bonchev–Trinajstić information content (AvgIpc) is 3.00. The topological polar surface area (TPSA) is 69.4 Å². The molecule has 0 radical (unpaired) electrons. The van der Waals surface area contributed by atoms with Crippen LogP contribution in [0.25, 0.3) is 0 Å². The Kier molecular flexibility index (Phi) is 6.37. The third-order valence-electron chi connectivity index (χ3n) is 7.64. The van der Waals surface area contributed by atoms with Gasteiger partial charge in [-0.2, -0.15) is 0 Å². The van der Waals surface area contributed by atoms with Gasteiger partial charge in [0, 0.05) is 17.8 Å². The van der Waals surface area contributed by atoms with E-state index in [2.05, 4.69) is 41.2 Å².